The van der Waals surface area contributed by atoms with Gasteiger partial charge < -0.3 is 10.6 Å². The summed E-state index contributed by atoms with van der Waals surface area (Å²) in [5.74, 6) is 0.138. The number of fused-ring (bicyclic) bond motifs is 1. The number of amides is 2. The summed E-state index contributed by atoms with van der Waals surface area (Å²) in [7, 11) is 0. The average Bonchev–Trinajstić information content (AvgIpc) is 2.93. The van der Waals surface area contributed by atoms with Crippen molar-refractivity contribution in [2.75, 3.05) is 0 Å². The minimum atomic E-state index is -0.312. The molecule has 1 aliphatic rings. The van der Waals surface area contributed by atoms with Crippen molar-refractivity contribution in [3.05, 3.63) is 48.0 Å². The van der Waals surface area contributed by atoms with E-state index < -0.39 is 0 Å². The topological polar surface area (TPSA) is 58.2 Å². The molecule has 1 atom stereocenters. The van der Waals surface area contributed by atoms with E-state index in [1.54, 1.807) is 0 Å². The summed E-state index contributed by atoms with van der Waals surface area (Å²) in [4.78, 5) is 23.9. The first-order valence-electron chi connectivity index (χ1n) is 9.04. The molecule has 1 aliphatic heterocycles. The smallest absolute Gasteiger partial charge is 0.220 e. The molecule has 2 N–H and O–H groups in total. The van der Waals surface area contributed by atoms with Crippen LogP contribution in [0.2, 0.25) is 0 Å². The molecule has 25 heavy (non-hydrogen) atoms. The lowest BCUT2D eigenvalue weighted by Gasteiger charge is -2.29. The maximum Gasteiger partial charge on any atom is 0.220 e. The highest BCUT2D eigenvalue weighted by Gasteiger charge is 2.37. The van der Waals surface area contributed by atoms with Gasteiger partial charge >= 0.3 is 0 Å². The number of hydrogen-bond acceptors (Lipinski definition) is 2. The van der Waals surface area contributed by atoms with E-state index in [9.17, 15) is 9.59 Å². The van der Waals surface area contributed by atoms with Crippen LogP contribution in [0.15, 0.2) is 42.5 Å². The Morgan fingerprint density at radius 3 is 2.64 bits per heavy atom. The Bertz CT molecular complexity index is 784. The summed E-state index contributed by atoms with van der Waals surface area (Å²) in [6.07, 6.45) is 3.20. The number of rotatable bonds is 6. The second-order valence-corrected chi connectivity index (χ2v) is 7.41. The first-order chi connectivity index (χ1) is 12.0. The van der Waals surface area contributed by atoms with E-state index in [1.807, 2.05) is 26.0 Å². The van der Waals surface area contributed by atoms with Crippen LogP contribution in [0.5, 0.6) is 0 Å². The lowest BCUT2D eigenvalue weighted by molar-refractivity contribution is -0.123. The van der Waals surface area contributed by atoms with Crippen LogP contribution in [0.4, 0.5) is 0 Å². The summed E-state index contributed by atoms with van der Waals surface area (Å²) < 4.78 is 0. The predicted molar refractivity (Wildman–Crippen MR) is 100 cm³/mol. The standard InChI is InChI=1S/C21H26N2O2/c1-15(2)22-19(24)9-11-21(12-10-20(25)23-21)14-16-7-8-17-5-3-4-6-18(17)13-16/h3-8,13,15H,9-12,14H2,1-2H3,(H,22,24)(H,23,25)/t21-/m1/s1. The van der Waals surface area contributed by atoms with Crippen molar-refractivity contribution in [3.63, 3.8) is 0 Å². The van der Waals surface area contributed by atoms with Gasteiger partial charge in [0.1, 0.15) is 0 Å². The van der Waals surface area contributed by atoms with Crippen molar-refractivity contribution in [1.29, 1.82) is 0 Å². The Labute approximate surface area is 149 Å². The van der Waals surface area contributed by atoms with Crippen LogP contribution >= 0.6 is 0 Å². The van der Waals surface area contributed by atoms with Crippen molar-refractivity contribution in [3.8, 4) is 0 Å². The third-order valence-corrected chi connectivity index (χ3v) is 4.87. The van der Waals surface area contributed by atoms with Crippen LogP contribution in [0.1, 0.15) is 45.1 Å². The largest absolute Gasteiger partial charge is 0.354 e. The molecule has 1 heterocycles. The second-order valence-electron chi connectivity index (χ2n) is 7.41. The van der Waals surface area contributed by atoms with E-state index in [0.717, 1.165) is 12.8 Å². The van der Waals surface area contributed by atoms with Gasteiger partial charge in [-0.25, -0.2) is 0 Å². The third kappa shape index (κ3) is 4.38. The second kappa shape index (κ2) is 7.26. The van der Waals surface area contributed by atoms with E-state index >= 15 is 0 Å². The SMILES string of the molecule is CC(C)NC(=O)CC[C@]1(Cc2ccc3ccccc3c2)CCC(=O)N1. The molecule has 0 saturated carbocycles. The van der Waals surface area contributed by atoms with Crippen LogP contribution in [-0.2, 0) is 16.0 Å². The number of carbonyl (C=O) groups is 2. The highest BCUT2D eigenvalue weighted by molar-refractivity contribution is 5.83. The fraction of sp³-hybridized carbons (Fsp3) is 0.429. The Morgan fingerprint density at radius 2 is 1.96 bits per heavy atom. The molecule has 1 fully saturated rings. The van der Waals surface area contributed by atoms with Crippen molar-refractivity contribution in [2.45, 2.75) is 57.5 Å². The molecule has 4 heteroatoms. The predicted octanol–water partition coefficient (Wildman–Crippen LogP) is 3.34. The fourth-order valence-corrected chi connectivity index (χ4v) is 3.67. The van der Waals surface area contributed by atoms with Crippen molar-refractivity contribution >= 4 is 22.6 Å². The molecular weight excluding hydrogens is 312 g/mol. The molecule has 2 amide bonds. The van der Waals surface area contributed by atoms with Gasteiger partial charge in [-0.05, 0) is 49.4 Å². The average molecular weight is 338 g/mol. The molecule has 0 radical (unpaired) electrons. The highest BCUT2D eigenvalue weighted by atomic mass is 16.2. The number of hydrogen-bond donors (Lipinski definition) is 2. The van der Waals surface area contributed by atoms with Crippen LogP contribution in [-0.4, -0.2) is 23.4 Å². The molecule has 0 unspecified atom stereocenters. The third-order valence-electron chi connectivity index (χ3n) is 4.87. The summed E-state index contributed by atoms with van der Waals surface area (Å²) >= 11 is 0. The summed E-state index contributed by atoms with van der Waals surface area (Å²) in [5.41, 5.74) is 0.888. The minimum absolute atomic E-state index is 0.0500. The normalized spacial score (nSPS) is 20.0. The maximum absolute atomic E-state index is 12.0. The van der Waals surface area contributed by atoms with Gasteiger partial charge in [-0.2, -0.15) is 0 Å². The van der Waals surface area contributed by atoms with Gasteiger partial charge in [0.2, 0.25) is 11.8 Å². The Hall–Kier alpha value is -2.36. The van der Waals surface area contributed by atoms with Crippen LogP contribution in [0, 0.1) is 0 Å². The molecule has 1 saturated heterocycles. The minimum Gasteiger partial charge on any atom is -0.354 e. The fourth-order valence-electron chi connectivity index (χ4n) is 3.67. The van der Waals surface area contributed by atoms with Crippen LogP contribution in [0.25, 0.3) is 10.8 Å². The zero-order valence-electron chi connectivity index (χ0n) is 15.0. The lowest BCUT2D eigenvalue weighted by Crippen LogP contribution is -2.45. The quantitative estimate of drug-likeness (QED) is 0.849. The van der Waals surface area contributed by atoms with Crippen molar-refractivity contribution in [2.24, 2.45) is 0 Å². The lowest BCUT2D eigenvalue weighted by atomic mass is 9.84. The van der Waals surface area contributed by atoms with Gasteiger partial charge in [0.05, 0.1) is 0 Å². The molecule has 0 bridgehead atoms. The molecule has 2 aromatic rings. The Balaban J connectivity index is 1.75. The Morgan fingerprint density at radius 1 is 1.20 bits per heavy atom. The van der Waals surface area contributed by atoms with E-state index in [4.69, 9.17) is 0 Å². The summed E-state index contributed by atoms with van der Waals surface area (Å²) in [6.45, 7) is 3.92. The monoisotopic (exact) mass is 338 g/mol. The van der Waals surface area contributed by atoms with Gasteiger partial charge in [0.25, 0.3) is 0 Å². The number of carbonyl (C=O) groups excluding carboxylic acids is 2. The molecule has 132 valence electrons. The van der Waals surface area contributed by atoms with Crippen molar-refractivity contribution < 1.29 is 9.59 Å². The van der Waals surface area contributed by atoms with Gasteiger partial charge in [-0.3, -0.25) is 9.59 Å². The zero-order chi connectivity index (χ0) is 17.9. The molecule has 3 rings (SSSR count). The van der Waals surface area contributed by atoms with Gasteiger partial charge in [0.15, 0.2) is 0 Å². The van der Waals surface area contributed by atoms with E-state index in [2.05, 4.69) is 41.0 Å². The molecule has 4 nitrogen and oxygen atoms in total. The molecule has 0 spiro atoms. The van der Waals surface area contributed by atoms with E-state index in [-0.39, 0.29) is 23.4 Å². The van der Waals surface area contributed by atoms with Crippen molar-refractivity contribution in [1.82, 2.24) is 10.6 Å². The zero-order valence-corrected chi connectivity index (χ0v) is 15.0. The number of nitrogens with one attached hydrogen (secondary N) is 2. The van der Waals surface area contributed by atoms with Gasteiger partial charge in [-0.1, -0.05) is 42.5 Å². The molecule has 0 aliphatic carbocycles. The van der Waals surface area contributed by atoms with Gasteiger partial charge in [-0.15, -0.1) is 0 Å². The maximum atomic E-state index is 12.0. The van der Waals surface area contributed by atoms with Gasteiger partial charge in [0, 0.05) is 24.4 Å². The molecule has 0 aromatic heterocycles. The number of benzene rings is 2. The first kappa shape index (κ1) is 17.5. The molecular formula is C21H26N2O2. The van der Waals surface area contributed by atoms with Crippen LogP contribution in [0.3, 0.4) is 0 Å². The Kier molecular flexibility index (Phi) is 5.07. The van der Waals surface area contributed by atoms with E-state index in [1.165, 1.54) is 16.3 Å². The summed E-state index contributed by atoms with van der Waals surface area (Å²) in [6, 6.07) is 14.9. The van der Waals surface area contributed by atoms with Crippen LogP contribution < -0.4 is 10.6 Å². The molecule has 2 aromatic carbocycles. The first-order valence-corrected chi connectivity index (χ1v) is 9.04. The summed E-state index contributed by atoms with van der Waals surface area (Å²) in [5, 5.41) is 8.51. The van der Waals surface area contributed by atoms with E-state index in [0.29, 0.717) is 19.3 Å². The highest BCUT2D eigenvalue weighted by Crippen LogP contribution is 2.30.